The van der Waals surface area contributed by atoms with Crippen LogP contribution in [0.25, 0.3) is 11.2 Å². The number of nitrogens with zero attached hydrogens (tertiary/aromatic N) is 4. The zero-order valence-electron chi connectivity index (χ0n) is 16.1. The van der Waals surface area contributed by atoms with Gasteiger partial charge in [0.2, 0.25) is 5.91 Å². The third-order valence-corrected chi connectivity index (χ3v) is 4.48. The minimum absolute atomic E-state index is 0.142. The molecule has 0 saturated carbocycles. The number of fused-ring (bicyclic) bond motifs is 1. The van der Waals surface area contributed by atoms with Gasteiger partial charge in [0.05, 0.1) is 18.6 Å². The number of aromatic nitrogens is 4. The molecule has 0 spiro atoms. The molecule has 0 bridgehead atoms. The summed E-state index contributed by atoms with van der Waals surface area (Å²) in [6, 6.07) is 7.27. The van der Waals surface area contributed by atoms with E-state index in [0.717, 1.165) is 4.57 Å². The molecule has 0 aliphatic carbocycles. The second-order valence-electron chi connectivity index (χ2n) is 6.40. The predicted octanol–water partition coefficient (Wildman–Crippen LogP) is 1.25. The van der Waals surface area contributed by atoms with Gasteiger partial charge < -0.3 is 14.6 Å². The van der Waals surface area contributed by atoms with Gasteiger partial charge in [-0.25, -0.2) is 9.78 Å². The molecule has 3 aromatic rings. The largest absolute Gasteiger partial charge is 0.492 e. The van der Waals surface area contributed by atoms with Crippen molar-refractivity contribution >= 4 is 22.8 Å². The quantitative estimate of drug-likeness (QED) is 0.660. The van der Waals surface area contributed by atoms with E-state index in [1.807, 2.05) is 19.1 Å². The molecule has 2 aromatic heterocycles. The summed E-state index contributed by atoms with van der Waals surface area (Å²) >= 11 is 0. The van der Waals surface area contributed by atoms with Crippen molar-refractivity contribution in [2.75, 3.05) is 11.9 Å². The Morgan fingerprint density at radius 2 is 1.93 bits per heavy atom. The molecule has 1 aromatic carbocycles. The van der Waals surface area contributed by atoms with Gasteiger partial charge >= 0.3 is 5.69 Å². The second kappa shape index (κ2) is 8.12. The van der Waals surface area contributed by atoms with E-state index in [9.17, 15) is 14.4 Å². The first-order chi connectivity index (χ1) is 13.4. The number of carbonyl (C=O) groups is 1. The average molecular weight is 385 g/mol. The highest BCUT2D eigenvalue weighted by Crippen LogP contribution is 2.23. The number of benzene rings is 1. The molecule has 9 nitrogen and oxygen atoms in total. The first-order valence-corrected chi connectivity index (χ1v) is 9.06. The molecule has 28 heavy (non-hydrogen) atoms. The zero-order chi connectivity index (χ0) is 20.3. The molecule has 9 heteroatoms. The van der Waals surface area contributed by atoms with E-state index < -0.39 is 11.2 Å². The van der Waals surface area contributed by atoms with E-state index in [4.69, 9.17) is 4.74 Å². The normalized spacial score (nSPS) is 11.0. The van der Waals surface area contributed by atoms with Gasteiger partial charge in [0.25, 0.3) is 5.56 Å². The number of carbonyl (C=O) groups excluding carboxylic acids is 1. The fourth-order valence-corrected chi connectivity index (χ4v) is 3.04. The highest BCUT2D eigenvalue weighted by molar-refractivity contribution is 5.92. The van der Waals surface area contributed by atoms with Crippen molar-refractivity contribution < 1.29 is 9.53 Å². The molecule has 0 fully saturated rings. The summed E-state index contributed by atoms with van der Waals surface area (Å²) in [4.78, 5) is 40.8. The van der Waals surface area contributed by atoms with Crippen molar-refractivity contribution in [3.05, 3.63) is 51.4 Å². The number of para-hydroxylation sites is 2. The summed E-state index contributed by atoms with van der Waals surface area (Å²) < 4.78 is 9.57. The molecule has 148 valence electrons. The topological polar surface area (TPSA) is 100 Å². The number of amides is 1. The zero-order valence-corrected chi connectivity index (χ0v) is 16.1. The van der Waals surface area contributed by atoms with Crippen molar-refractivity contribution in [1.29, 1.82) is 0 Å². The van der Waals surface area contributed by atoms with Crippen molar-refractivity contribution in [3.63, 3.8) is 0 Å². The minimum atomic E-state index is -0.421. The summed E-state index contributed by atoms with van der Waals surface area (Å²) in [5.41, 5.74) is 0.502. The summed E-state index contributed by atoms with van der Waals surface area (Å²) in [5.74, 6) is 0.486. The van der Waals surface area contributed by atoms with Gasteiger partial charge in [-0.1, -0.05) is 12.1 Å². The molecular formula is C19H23N5O4. The molecule has 1 amide bonds. The SMILES string of the molecule is CCOc1ccccc1NC(=O)CCCn1cnc2c1c(=O)n(C)c(=O)n2C. The lowest BCUT2D eigenvalue weighted by molar-refractivity contribution is -0.116. The van der Waals surface area contributed by atoms with Crippen molar-refractivity contribution in [2.45, 2.75) is 26.3 Å². The predicted molar refractivity (Wildman–Crippen MR) is 106 cm³/mol. The van der Waals surface area contributed by atoms with Gasteiger partial charge in [0.1, 0.15) is 5.75 Å². The van der Waals surface area contributed by atoms with Crippen molar-refractivity contribution in [3.8, 4) is 5.75 Å². The van der Waals surface area contributed by atoms with Crippen LogP contribution in [0.15, 0.2) is 40.2 Å². The summed E-state index contributed by atoms with van der Waals surface area (Å²) in [6.45, 7) is 2.83. The van der Waals surface area contributed by atoms with Crippen LogP contribution in [0.1, 0.15) is 19.8 Å². The van der Waals surface area contributed by atoms with Crippen molar-refractivity contribution in [2.24, 2.45) is 14.1 Å². The second-order valence-corrected chi connectivity index (χ2v) is 6.40. The van der Waals surface area contributed by atoms with Crippen LogP contribution in [-0.4, -0.2) is 31.2 Å². The maximum absolute atomic E-state index is 12.4. The van der Waals surface area contributed by atoms with Crippen LogP contribution in [0, 0.1) is 0 Å². The molecule has 0 aliphatic rings. The van der Waals surface area contributed by atoms with Gasteiger partial charge in [-0.3, -0.25) is 18.7 Å². The Balaban J connectivity index is 1.68. The van der Waals surface area contributed by atoms with Crippen molar-refractivity contribution in [1.82, 2.24) is 18.7 Å². The van der Waals surface area contributed by atoms with Gasteiger partial charge in [-0.05, 0) is 25.5 Å². The van der Waals surface area contributed by atoms with Crippen LogP contribution < -0.4 is 21.3 Å². The number of hydrogen-bond acceptors (Lipinski definition) is 5. The Hall–Kier alpha value is -3.36. The molecule has 3 rings (SSSR count). The molecule has 2 heterocycles. The van der Waals surface area contributed by atoms with Gasteiger partial charge in [0.15, 0.2) is 11.2 Å². The van der Waals surface area contributed by atoms with Crippen LogP contribution in [0.5, 0.6) is 5.75 Å². The van der Waals surface area contributed by atoms with Crippen LogP contribution in [-0.2, 0) is 25.4 Å². The Kier molecular flexibility index (Phi) is 5.62. The van der Waals surface area contributed by atoms with Gasteiger partial charge in [-0.2, -0.15) is 0 Å². The third kappa shape index (κ3) is 3.68. The monoisotopic (exact) mass is 385 g/mol. The number of aryl methyl sites for hydroxylation is 2. The fraction of sp³-hybridized carbons (Fsp3) is 0.368. The number of nitrogens with one attached hydrogen (secondary N) is 1. The van der Waals surface area contributed by atoms with E-state index in [2.05, 4.69) is 10.3 Å². The van der Waals surface area contributed by atoms with Crippen LogP contribution in [0.4, 0.5) is 5.69 Å². The number of hydrogen-bond donors (Lipinski definition) is 1. The first-order valence-electron chi connectivity index (χ1n) is 9.06. The van der Waals surface area contributed by atoms with Crippen LogP contribution >= 0.6 is 0 Å². The summed E-state index contributed by atoms with van der Waals surface area (Å²) in [6.07, 6.45) is 2.31. The van der Waals surface area contributed by atoms with Gasteiger partial charge in [0, 0.05) is 27.1 Å². The molecule has 1 N–H and O–H groups in total. The smallest absolute Gasteiger partial charge is 0.332 e. The molecule has 0 radical (unpaired) electrons. The summed E-state index contributed by atoms with van der Waals surface area (Å²) in [5, 5.41) is 2.85. The number of ether oxygens (including phenoxy) is 1. The van der Waals surface area contributed by atoms with E-state index in [1.54, 1.807) is 23.7 Å². The maximum atomic E-state index is 12.4. The number of rotatable bonds is 7. The third-order valence-electron chi connectivity index (χ3n) is 4.48. The van der Waals surface area contributed by atoms with Gasteiger partial charge in [-0.15, -0.1) is 0 Å². The highest BCUT2D eigenvalue weighted by atomic mass is 16.5. The average Bonchev–Trinajstić information content (AvgIpc) is 3.10. The lowest BCUT2D eigenvalue weighted by atomic mass is 10.2. The standard InChI is InChI=1S/C19H23N5O4/c1-4-28-14-9-6-5-8-13(14)21-15(25)10-7-11-24-12-20-17-16(24)18(26)23(3)19(27)22(17)2/h5-6,8-9,12H,4,7,10-11H2,1-3H3,(H,21,25). The molecule has 0 aliphatic heterocycles. The Morgan fingerprint density at radius 1 is 1.18 bits per heavy atom. The van der Waals surface area contributed by atoms with E-state index >= 15 is 0 Å². The molecule has 0 atom stereocenters. The Morgan fingerprint density at radius 3 is 2.68 bits per heavy atom. The lowest BCUT2D eigenvalue weighted by Crippen LogP contribution is -2.37. The van der Waals surface area contributed by atoms with E-state index in [-0.39, 0.29) is 12.3 Å². The fourth-order valence-electron chi connectivity index (χ4n) is 3.04. The lowest BCUT2D eigenvalue weighted by Gasteiger charge is -2.11. The Labute approximate surface area is 161 Å². The minimum Gasteiger partial charge on any atom is -0.492 e. The van der Waals surface area contributed by atoms with E-state index in [1.165, 1.54) is 17.9 Å². The summed E-state index contributed by atoms with van der Waals surface area (Å²) in [7, 11) is 3.01. The Bertz CT molecular complexity index is 1130. The number of imidazole rings is 1. The molecular weight excluding hydrogens is 362 g/mol. The molecule has 0 saturated heterocycles. The van der Waals surface area contributed by atoms with Crippen LogP contribution in [0.3, 0.4) is 0 Å². The highest BCUT2D eigenvalue weighted by Gasteiger charge is 2.14. The van der Waals surface area contributed by atoms with E-state index in [0.29, 0.717) is 42.2 Å². The first kappa shape index (κ1) is 19.4. The number of anilines is 1. The van der Waals surface area contributed by atoms with Crippen LogP contribution in [0.2, 0.25) is 0 Å². The maximum Gasteiger partial charge on any atom is 0.332 e. The molecule has 0 unspecified atom stereocenters.